The molecule has 6 heteroatoms. The zero-order valence-electron chi connectivity index (χ0n) is 12.9. The topological polar surface area (TPSA) is 59.5 Å². The molecule has 0 radical (unpaired) electrons. The van der Waals surface area contributed by atoms with Gasteiger partial charge in [0.15, 0.2) is 5.82 Å². The summed E-state index contributed by atoms with van der Waals surface area (Å²) in [6.45, 7) is 1.71. The van der Waals surface area contributed by atoms with Crippen LogP contribution in [0.5, 0.6) is 0 Å². The van der Waals surface area contributed by atoms with Crippen LogP contribution in [0.4, 0.5) is 4.39 Å². The zero-order chi connectivity index (χ0) is 16.8. The first-order valence-electron chi connectivity index (χ1n) is 7.06. The van der Waals surface area contributed by atoms with E-state index in [1.165, 1.54) is 24.3 Å². The Bertz CT molecular complexity index is 691. The van der Waals surface area contributed by atoms with Crippen molar-refractivity contribution >= 4 is 11.9 Å². The Hall–Kier alpha value is -2.76. The molecule has 120 valence electrons. The van der Waals surface area contributed by atoms with Crippen molar-refractivity contribution in [3.8, 4) is 0 Å². The molecule has 0 aliphatic heterocycles. The average molecular weight is 316 g/mol. The number of hydrogen-bond acceptors (Lipinski definition) is 4. The van der Waals surface area contributed by atoms with Gasteiger partial charge >= 0.3 is 5.97 Å². The van der Waals surface area contributed by atoms with Gasteiger partial charge < -0.3 is 9.64 Å². The first kappa shape index (κ1) is 16.6. The molecule has 0 saturated heterocycles. The molecule has 0 fully saturated rings. The molecule has 5 nitrogen and oxygen atoms in total. The number of nitrogens with zero attached hydrogens (tertiary/aromatic N) is 2. The Morgan fingerprint density at radius 1 is 1.26 bits per heavy atom. The van der Waals surface area contributed by atoms with Crippen LogP contribution in [-0.2, 0) is 16.1 Å². The van der Waals surface area contributed by atoms with Gasteiger partial charge in [-0.25, -0.2) is 9.18 Å². The van der Waals surface area contributed by atoms with Crippen LogP contribution >= 0.6 is 0 Å². The lowest BCUT2D eigenvalue weighted by molar-refractivity contribution is -0.145. The van der Waals surface area contributed by atoms with Crippen molar-refractivity contribution in [2.45, 2.75) is 19.5 Å². The highest BCUT2D eigenvalue weighted by atomic mass is 19.1. The number of esters is 1. The summed E-state index contributed by atoms with van der Waals surface area (Å²) < 4.78 is 18.6. The van der Waals surface area contributed by atoms with Crippen LogP contribution in [0, 0.1) is 5.82 Å². The third-order valence-electron chi connectivity index (χ3n) is 3.47. The van der Waals surface area contributed by atoms with Crippen molar-refractivity contribution in [3.05, 3.63) is 65.7 Å². The molecular weight excluding hydrogens is 299 g/mol. The molecule has 0 N–H and O–H groups in total. The lowest BCUT2D eigenvalue weighted by Gasteiger charge is -2.27. The molecular formula is C17H17FN2O3. The summed E-state index contributed by atoms with van der Waals surface area (Å²) in [7, 11) is 1.25. The SMILES string of the molecule is COC(=O)[C@H](C)N(Cc1ccccc1)C(=O)c1ccncc1F. The molecule has 2 rings (SSSR count). The molecule has 1 aromatic carbocycles. The molecule has 1 atom stereocenters. The molecule has 23 heavy (non-hydrogen) atoms. The zero-order valence-corrected chi connectivity index (χ0v) is 12.9. The number of ether oxygens (including phenoxy) is 1. The molecule has 1 aromatic heterocycles. The van der Waals surface area contributed by atoms with Crippen molar-refractivity contribution in [2.75, 3.05) is 7.11 Å². The van der Waals surface area contributed by atoms with Crippen molar-refractivity contribution in [1.29, 1.82) is 0 Å². The third-order valence-corrected chi connectivity index (χ3v) is 3.47. The first-order chi connectivity index (χ1) is 11.0. The van der Waals surface area contributed by atoms with Gasteiger partial charge in [-0.05, 0) is 18.6 Å². The summed E-state index contributed by atoms with van der Waals surface area (Å²) >= 11 is 0. The van der Waals surface area contributed by atoms with Crippen LogP contribution in [0.15, 0.2) is 48.8 Å². The third kappa shape index (κ3) is 3.91. The molecule has 0 unspecified atom stereocenters. The molecule has 2 aromatic rings. The van der Waals surface area contributed by atoms with Crippen LogP contribution in [0.3, 0.4) is 0 Å². The molecule has 1 amide bonds. The first-order valence-corrected chi connectivity index (χ1v) is 7.06. The van der Waals surface area contributed by atoms with Crippen LogP contribution in [0.2, 0.25) is 0 Å². The monoisotopic (exact) mass is 316 g/mol. The number of methoxy groups -OCH3 is 1. The van der Waals surface area contributed by atoms with Gasteiger partial charge in [0.25, 0.3) is 5.91 Å². The van der Waals surface area contributed by atoms with Gasteiger partial charge in [0.1, 0.15) is 6.04 Å². The Labute approximate surface area is 133 Å². The van der Waals surface area contributed by atoms with E-state index >= 15 is 0 Å². The van der Waals surface area contributed by atoms with Gasteiger partial charge in [-0.2, -0.15) is 0 Å². The van der Waals surface area contributed by atoms with E-state index in [9.17, 15) is 14.0 Å². The van der Waals surface area contributed by atoms with Gasteiger partial charge in [-0.15, -0.1) is 0 Å². The van der Waals surface area contributed by atoms with Gasteiger partial charge in [-0.1, -0.05) is 30.3 Å². The van der Waals surface area contributed by atoms with Crippen molar-refractivity contribution in [1.82, 2.24) is 9.88 Å². The molecule has 0 saturated carbocycles. The van der Waals surface area contributed by atoms with Gasteiger partial charge in [0.05, 0.1) is 18.9 Å². The number of rotatable bonds is 5. The van der Waals surface area contributed by atoms with E-state index in [1.807, 2.05) is 30.3 Å². The molecule has 1 heterocycles. The highest BCUT2D eigenvalue weighted by Gasteiger charge is 2.29. The second-order valence-electron chi connectivity index (χ2n) is 4.97. The standard InChI is InChI=1S/C17H17FN2O3/c1-12(17(22)23-2)20(11-13-6-4-3-5-7-13)16(21)14-8-9-19-10-15(14)18/h3-10,12H,11H2,1-2H3/t12-/m0/s1. The molecule has 0 spiro atoms. The lowest BCUT2D eigenvalue weighted by Crippen LogP contribution is -2.43. The fraction of sp³-hybridized carbons (Fsp3) is 0.235. The normalized spacial score (nSPS) is 11.6. The van der Waals surface area contributed by atoms with E-state index in [-0.39, 0.29) is 12.1 Å². The summed E-state index contributed by atoms with van der Waals surface area (Å²) in [5, 5.41) is 0. The predicted molar refractivity (Wildman–Crippen MR) is 82.0 cm³/mol. The van der Waals surface area contributed by atoms with Crippen LogP contribution in [0.1, 0.15) is 22.8 Å². The lowest BCUT2D eigenvalue weighted by atomic mass is 10.1. The highest BCUT2D eigenvalue weighted by Crippen LogP contribution is 2.16. The van der Waals surface area contributed by atoms with Gasteiger partial charge in [0.2, 0.25) is 0 Å². The predicted octanol–water partition coefficient (Wildman–Crippen LogP) is 2.42. The molecule has 0 aliphatic carbocycles. The number of benzene rings is 1. The minimum atomic E-state index is -0.847. The summed E-state index contributed by atoms with van der Waals surface area (Å²) in [6, 6.07) is 9.60. The van der Waals surface area contributed by atoms with E-state index in [1.54, 1.807) is 6.92 Å². The Kier molecular flexibility index (Phi) is 5.41. The fourth-order valence-electron chi connectivity index (χ4n) is 2.17. The maximum atomic E-state index is 13.9. The summed E-state index contributed by atoms with van der Waals surface area (Å²) in [6.07, 6.45) is 2.30. The van der Waals surface area contributed by atoms with E-state index in [4.69, 9.17) is 4.74 Å². The summed E-state index contributed by atoms with van der Waals surface area (Å²) in [5.41, 5.74) is 0.692. The Morgan fingerprint density at radius 2 is 1.96 bits per heavy atom. The quantitative estimate of drug-likeness (QED) is 0.795. The number of carbonyl (C=O) groups is 2. The van der Waals surface area contributed by atoms with Crippen molar-refractivity contribution in [3.63, 3.8) is 0 Å². The number of carbonyl (C=O) groups excluding carboxylic acids is 2. The fourth-order valence-corrected chi connectivity index (χ4v) is 2.17. The smallest absolute Gasteiger partial charge is 0.328 e. The molecule has 0 aliphatic rings. The van der Waals surface area contributed by atoms with E-state index < -0.39 is 23.7 Å². The Balaban J connectivity index is 2.35. The minimum absolute atomic E-state index is 0.133. The molecule has 0 bridgehead atoms. The van der Waals surface area contributed by atoms with E-state index in [0.717, 1.165) is 11.8 Å². The van der Waals surface area contributed by atoms with Gasteiger partial charge in [0, 0.05) is 12.7 Å². The van der Waals surface area contributed by atoms with Crippen LogP contribution in [0.25, 0.3) is 0 Å². The number of pyridine rings is 1. The van der Waals surface area contributed by atoms with Gasteiger partial charge in [-0.3, -0.25) is 9.78 Å². The maximum Gasteiger partial charge on any atom is 0.328 e. The van der Waals surface area contributed by atoms with E-state index in [0.29, 0.717) is 0 Å². The second kappa shape index (κ2) is 7.49. The number of hydrogen-bond donors (Lipinski definition) is 0. The number of halogens is 1. The van der Waals surface area contributed by atoms with Crippen LogP contribution in [-0.4, -0.2) is 34.9 Å². The minimum Gasteiger partial charge on any atom is -0.467 e. The Morgan fingerprint density at radius 3 is 2.57 bits per heavy atom. The maximum absolute atomic E-state index is 13.9. The summed E-state index contributed by atoms with van der Waals surface area (Å²) in [4.78, 5) is 29.4. The average Bonchev–Trinajstić information content (AvgIpc) is 2.59. The largest absolute Gasteiger partial charge is 0.467 e. The second-order valence-corrected chi connectivity index (χ2v) is 4.97. The number of aromatic nitrogens is 1. The highest BCUT2D eigenvalue weighted by molar-refractivity contribution is 5.96. The summed E-state index contributed by atoms with van der Waals surface area (Å²) in [5.74, 6) is -1.89. The van der Waals surface area contributed by atoms with Crippen LogP contribution < -0.4 is 0 Å². The van der Waals surface area contributed by atoms with E-state index in [2.05, 4.69) is 4.98 Å². The number of amides is 1. The van der Waals surface area contributed by atoms with Crippen molar-refractivity contribution in [2.24, 2.45) is 0 Å². The van der Waals surface area contributed by atoms with Crippen molar-refractivity contribution < 1.29 is 18.7 Å².